The summed E-state index contributed by atoms with van der Waals surface area (Å²) in [5.74, 6) is -0.493. The van der Waals surface area contributed by atoms with Gasteiger partial charge in [-0.1, -0.05) is 12.1 Å². The highest BCUT2D eigenvalue weighted by Gasteiger charge is 2.46. The fraction of sp³-hybridized carbons (Fsp3) is 0.351. The summed E-state index contributed by atoms with van der Waals surface area (Å²) < 4.78 is 20.3. The zero-order valence-corrected chi connectivity index (χ0v) is 27.7. The summed E-state index contributed by atoms with van der Waals surface area (Å²) in [6.45, 7) is 2.11. The Bertz CT molecular complexity index is 1860. The Morgan fingerprint density at radius 1 is 0.959 bits per heavy atom. The molecule has 0 bridgehead atoms. The maximum absolute atomic E-state index is 13.8. The second kappa shape index (κ2) is 14.0. The van der Waals surface area contributed by atoms with Crippen LogP contribution in [-0.2, 0) is 23.1 Å². The first-order chi connectivity index (χ1) is 23.7. The number of nitrogens with zero attached hydrogens (tertiary/aromatic N) is 4. The summed E-state index contributed by atoms with van der Waals surface area (Å²) in [6.07, 6.45) is 3.27. The van der Waals surface area contributed by atoms with Gasteiger partial charge in [-0.05, 0) is 116 Å². The number of aryl methyl sites for hydroxylation is 2. The van der Waals surface area contributed by atoms with Crippen molar-refractivity contribution < 1.29 is 23.2 Å². The Morgan fingerprint density at radius 3 is 2.08 bits per heavy atom. The fourth-order valence-corrected chi connectivity index (χ4v) is 6.84. The molecule has 11 nitrogen and oxygen atoms in total. The number of halogens is 1. The van der Waals surface area contributed by atoms with Gasteiger partial charge in [0.25, 0.3) is 11.8 Å². The number of amides is 3. The molecule has 6 rings (SSSR count). The standard InChI is InChI=1S/C37H38FN7O4/c1-22(20-39)45(29-12-13-29)32(46)21-42-17-16-37(36-44-43-35(49-36)23-6-10-28(38)11-7-23)30-14-8-26(33(47)40-2)18-24(30)4-5-25-19-27(34(48)41-3)9-15-31(25)37/h6-11,14-15,18-19,22,29,42H,4-5,12-13,16-17,21H2,1-3H3,(H,40,47)(H,41,48). The van der Waals surface area contributed by atoms with Crippen molar-refractivity contribution in [3.05, 3.63) is 106 Å². The largest absolute Gasteiger partial charge is 0.419 e. The van der Waals surface area contributed by atoms with Gasteiger partial charge in [-0.15, -0.1) is 10.2 Å². The number of hydrogen-bond acceptors (Lipinski definition) is 8. The minimum atomic E-state index is -1.07. The van der Waals surface area contributed by atoms with E-state index in [2.05, 4.69) is 32.2 Å². The van der Waals surface area contributed by atoms with Gasteiger partial charge in [-0.2, -0.15) is 5.26 Å². The SMILES string of the molecule is CNC(=O)c1ccc2c(c1)CCc1cc(C(=O)NC)ccc1C2(CCNCC(=O)N(C(C)C#N)C1CC1)c1nnc(-c2ccc(F)cc2)o1. The van der Waals surface area contributed by atoms with Gasteiger partial charge < -0.3 is 25.3 Å². The van der Waals surface area contributed by atoms with Crippen LogP contribution in [0.1, 0.15) is 75.0 Å². The number of carbonyl (C=O) groups excluding carboxylic acids is 3. The molecule has 1 aromatic heterocycles. The van der Waals surface area contributed by atoms with Gasteiger partial charge in [0.15, 0.2) is 0 Å². The summed E-state index contributed by atoms with van der Waals surface area (Å²) in [7, 11) is 3.16. The molecular formula is C37H38FN7O4. The molecule has 252 valence electrons. The summed E-state index contributed by atoms with van der Waals surface area (Å²) in [5.41, 5.74) is 3.99. The Labute approximate surface area is 283 Å². The van der Waals surface area contributed by atoms with Crippen LogP contribution in [0, 0.1) is 17.1 Å². The Hall–Kier alpha value is -5.41. The van der Waals surface area contributed by atoms with E-state index in [1.807, 2.05) is 24.3 Å². The van der Waals surface area contributed by atoms with Crippen LogP contribution in [-0.4, -0.2) is 72.1 Å². The summed E-state index contributed by atoms with van der Waals surface area (Å²) in [6, 6.07) is 18.6. The van der Waals surface area contributed by atoms with Crippen LogP contribution < -0.4 is 16.0 Å². The number of benzene rings is 3. The highest BCUT2D eigenvalue weighted by molar-refractivity contribution is 5.95. The van der Waals surface area contributed by atoms with Crippen molar-refractivity contribution in [1.29, 1.82) is 5.26 Å². The van der Waals surface area contributed by atoms with Gasteiger partial charge in [-0.25, -0.2) is 4.39 Å². The van der Waals surface area contributed by atoms with Gasteiger partial charge >= 0.3 is 0 Å². The van der Waals surface area contributed by atoms with Crippen molar-refractivity contribution in [2.75, 3.05) is 27.2 Å². The number of carbonyl (C=O) groups is 3. The lowest BCUT2D eigenvalue weighted by atomic mass is 9.69. The topological polar surface area (TPSA) is 153 Å². The maximum atomic E-state index is 13.8. The number of fused-ring (bicyclic) bond motifs is 2. The van der Waals surface area contributed by atoms with E-state index in [0.29, 0.717) is 42.5 Å². The first kappa shape index (κ1) is 33.5. The second-order valence-electron chi connectivity index (χ2n) is 12.5. The first-order valence-electron chi connectivity index (χ1n) is 16.4. The Balaban J connectivity index is 1.47. The van der Waals surface area contributed by atoms with E-state index in [-0.39, 0.29) is 42.1 Å². The molecule has 0 aliphatic heterocycles. The zero-order chi connectivity index (χ0) is 34.7. The van der Waals surface area contributed by atoms with Crippen LogP contribution in [0.15, 0.2) is 65.1 Å². The third-order valence-electron chi connectivity index (χ3n) is 9.44. The fourth-order valence-electron chi connectivity index (χ4n) is 6.84. The Kier molecular flexibility index (Phi) is 9.56. The molecular weight excluding hydrogens is 625 g/mol. The highest BCUT2D eigenvalue weighted by atomic mass is 19.1. The molecule has 12 heteroatoms. The molecule has 1 fully saturated rings. The van der Waals surface area contributed by atoms with Crippen molar-refractivity contribution in [3.63, 3.8) is 0 Å². The molecule has 1 saturated carbocycles. The van der Waals surface area contributed by atoms with Crippen LogP contribution in [0.25, 0.3) is 11.5 Å². The molecule has 0 saturated heterocycles. The van der Waals surface area contributed by atoms with E-state index < -0.39 is 17.3 Å². The minimum Gasteiger partial charge on any atom is -0.419 e. The predicted molar refractivity (Wildman–Crippen MR) is 179 cm³/mol. The number of aromatic nitrogens is 2. The first-order valence-corrected chi connectivity index (χ1v) is 16.4. The van der Waals surface area contributed by atoms with Gasteiger partial charge in [0.1, 0.15) is 17.3 Å². The summed E-state index contributed by atoms with van der Waals surface area (Å²) >= 11 is 0. The van der Waals surface area contributed by atoms with Crippen LogP contribution in [0.2, 0.25) is 0 Å². The Morgan fingerprint density at radius 2 is 1.55 bits per heavy atom. The van der Waals surface area contributed by atoms with E-state index in [0.717, 1.165) is 35.1 Å². The lowest BCUT2D eigenvalue weighted by molar-refractivity contribution is -0.131. The number of rotatable bonds is 11. The molecule has 2 aliphatic carbocycles. The smallest absolute Gasteiger partial charge is 0.251 e. The lowest BCUT2D eigenvalue weighted by Crippen LogP contribution is -2.45. The maximum Gasteiger partial charge on any atom is 0.251 e. The van der Waals surface area contributed by atoms with Crippen molar-refractivity contribution in [2.45, 2.75) is 56.5 Å². The summed E-state index contributed by atoms with van der Waals surface area (Å²) in [4.78, 5) is 40.4. The molecule has 1 heterocycles. The van der Waals surface area contributed by atoms with Gasteiger partial charge in [0.05, 0.1) is 12.6 Å². The molecule has 1 unspecified atom stereocenters. The number of nitrogens with one attached hydrogen (secondary N) is 3. The van der Waals surface area contributed by atoms with E-state index in [4.69, 9.17) is 4.42 Å². The normalized spacial score (nSPS) is 15.2. The van der Waals surface area contributed by atoms with Crippen molar-refractivity contribution in [3.8, 4) is 17.5 Å². The van der Waals surface area contributed by atoms with Crippen LogP contribution in [0.3, 0.4) is 0 Å². The van der Waals surface area contributed by atoms with Crippen LogP contribution in [0.5, 0.6) is 0 Å². The second-order valence-corrected chi connectivity index (χ2v) is 12.5. The minimum absolute atomic E-state index is 0.0359. The lowest BCUT2D eigenvalue weighted by Gasteiger charge is -2.34. The van der Waals surface area contributed by atoms with Crippen molar-refractivity contribution in [2.24, 2.45) is 0 Å². The third-order valence-corrected chi connectivity index (χ3v) is 9.44. The van der Waals surface area contributed by atoms with Crippen molar-refractivity contribution >= 4 is 17.7 Å². The van der Waals surface area contributed by atoms with E-state index in [1.54, 1.807) is 50.2 Å². The summed E-state index contributed by atoms with van der Waals surface area (Å²) in [5, 5.41) is 27.2. The molecule has 1 atom stereocenters. The molecule has 4 aromatic rings. The molecule has 0 spiro atoms. The number of nitriles is 1. The van der Waals surface area contributed by atoms with Crippen molar-refractivity contribution in [1.82, 2.24) is 31.0 Å². The molecule has 3 aromatic carbocycles. The van der Waals surface area contributed by atoms with Gasteiger partial charge in [0.2, 0.25) is 17.7 Å². The average molecular weight is 664 g/mol. The molecule has 2 aliphatic rings. The molecule has 49 heavy (non-hydrogen) atoms. The van der Waals surface area contributed by atoms with Gasteiger partial charge in [-0.3, -0.25) is 14.4 Å². The molecule has 3 amide bonds. The zero-order valence-electron chi connectivity index (χ0n) is 27.7. The quantitative estimate of drug-likeness (QED) is 0.204. The monoisotopic (exact) mass is 663 g/mol. The predicted octanol–water partition coefficient (Wildman–Crippen LogP) is 3.91. The highest BCUT2D eigenvalue weighted by Crippen LogP contribution is 2.47. The molecule has 3 N–H and O–H groups in total. The van der Waals surface area contributed by atoms with E-state index >= 15 is 0 Å². The average Bonchev–Trinajstić information content (AvgIpc) is 3.86. The molecule has 0 radical (unpaired) electrons. The van der Waals surface area contributed by atoms with Crippen LogP contribution in [0.4, 0.5) is 4.39 Å². The van der Waals surface area contributed by atoms with Crippen LogP contribution >= 0.6 is 0 Å². The van der Waals surface area contributed by atoms with E-state index in [1.165, 1.54) is 12.1 Å². The van der Waals surface area contributed by atoms with Gasteiger partial charge in [0, 0.05) is 36.8 Å². The number of hydrogen-bond donors (Lipinski definition) is 3. The third kappa shape index (κ3) is 6.54. The van der Waals surface area contributed by atoms with E-state index in [9.17, 15) is 24.0 Å².